The van der Waals surface area contributed by atoms with Crippen LogP contribution in [0.1, 0.15) is 21.5 Å². The van der Waals surface area contributed by atoms with Gasteiger partial charge in [-0.3, -0.25) is 19.6 Å². The van der Waals surface area contributed by atoms with Crippen LogP contribution in [0.3, 0.4) is 0 Å². The zero-order valence-electron chi connectivity index (χ0n) is 17.1. The van der Waals surface area contributed by atoms with Gasteiger partial charge in [0.1, 0.15) is 5.69 Å². The fourth-order valence-electron chi connectivity index (χ4n) is 3.46. The molecule has 0 radical (unpaired) electrons. The van der Waals surface area contributed by atoms with Crippen LogP contribution in [0.2, 0.25) is 0 Å². The Labute approximate surface area is 184 Å². The van der Waals surface area contributed by atoms with Crippen molar-refractivity contribution in [1.29, 1.82) is 0 Å². The molecule has 4 aromatic rings. The van der Waals surface area contributed by atoms with E-state index in [4.69, 9.17) is 10.8 Å². The van der Waals surface area contributed by atoms with E-state index >= 15 is 0 Å². The number of aromatic nitrogens is 2. The molecule has 0 bridgehead atoms. The van der Waals surface area contributed by atoms with Gasteiger partial charge in [-0.1, -0.05) is 60.7 Å². The van der Waals surface area contributed by atoms with Gasteiger partial charge in [0.25, 0.3) is 5.69 Å². The number of carbonyl (C=O) groups is 1. The largest absolute Gasteiger partial charge is 0.375 e. The lowest BCUT2D eigenvalue weighted by Gasteiger charge is -2.08. The minimum Gasteiger partial charge on any atom is -0.375 e. The maximum Gasteiger partial charge on any atom is 0.293 e. The predicted octanol–water partition coefficient (Wildman–Crippen LogP) is 4.22. The number of anilines is 1. The summed E-state index contributed by atoms with van der Waals surface area (Å²) in [7, 11) is 0. The van der Waals surface area contributed by atoms with E-state index < -0.39 is 10.8 Å². The van der Waals surface area contributed by atoms with Gasteiger partial charge in [0.2, 0.25) is 5.91 Å². The van der Waals surface area contributed by atoms with E-state index in [0.29, 0.717) is 18.8 Å². The molecule has 3 aromatic carbocycles. The zero-order valence-corrected chi connectivity index (χ0v) is 17.1. The molecular formula is C24H21N5O3. The van der Waals surface area contributed by atoms with E-state index in [9.17, 15) is 14.9 Å². The number of nitrogens with one attached hydrogen (secondary N) is 1. The van der Waals surface area contributed by atoms with Gasteiger partial charge in [0.15, 0.2) is 0 Å². The molecule has 1 heterocycles. The van der Waals surface area contributed by atoms with E-state index in [1.807, 2.05) is 71.5 Å². The molecule has 0 spiro atoms. The van der Waals surface area contributed by atoms with Gasteiger partial charge in [-0.05, 0) is 17.7 Å². The Bertz CT molecular complexity index is 1250. The molecule has 0 unspecified atom stereocenters. The van der Waals surface area contributed by atoms with E-state index in [2.05, 4.69) is 5.32 Å². The molecule has 0 saturated heterocycles. The maximum absolute atomic E-state index is 11.5. The molecule has 3 N–H and O–H groups in total. The van der Waals surface area contributed by atoms with Crippen molar-refractivity contribution in [3.05, 3.63) is 112 Å². The lowest BCUT2D eigenvalue weighted by Crippen LogP contribution is -2.12. The number of nitro benzene ring substituents is 1. The number of nitrogens with zero attached hydrogens (tertiary/aromatic N) is 3. The number of carbonyl (C=O) groups excluding carboxylic acids is 1. The summed E-state index contributed by atoms with van der Waals surface area (Å²) in [6.45, 7) is 0.921. The molecule has 8 nitrogen and oxygen atoms in total. The summed E-state index contributed by atoms with van der Waals surface area (Å²) in [6, 6.07) is 23.9. The van der Waals surface area contributed by atoms with Gasteiger partial charge >= 0.3 is 0 Å². The van der Waals surface area contributed by atoms with Crippen molar-refractivity contribution in [2.75, 3.05) is 5.32 Å². The maximum atomic E-state index is 11.5. The smallest absolute Gasteiger partial charge is 0.293 e. The van der Waals surface area contributed by atoms with Gasteiger partial charge in [-0.2, -0.15) is 5.10 Å². The highest BCUT2D eigenvalue weighted by molar-refractivity contribution is 5.94. The molecule has 0 saturated carbocycles. The second-order valence-electron chi connectivity index (χ2n) is 7.26. The first-order valence-electron chi connectivity index (χ1n) is 9.99. The molecule has 32 heavy (non-hydrogen) atoms. The Morgan fingerprint density at radius 1 is 1.03 bits per heavy atom. The number of hydrogen-bond donors (Lipinski definition) is 2. The summed E-state index contributed by atoms with van der Waals surface area (Å²) in [5.74, 6) is -0.715. The van der Waals surface area contributed by atoms with Gasteiger partial charge in [-0.15, -0.1) is 0 Å². The SMILES string of the molecule is NC(=O)c1ccc(NCc2cn(Cc3ccccc3)nc2-c2ccccc2)c([N+](=O)[O-])c1. The normalized spacial score (nSPS) is 10.6. The molecule has 160 valence electrons. The van der Waals surface area contributed by atoms with Gasteiger partial charge < -0.3 is 11.1 Å². The Balaban J connectivity index is 1.64. The number of primary amides is 1. The molecule has 0 aliphatic carbocycles. The van der Waals surface area contributed by atoms with Crippen molar-refractivity contribution < 1.29 is 9.72 Å². The molecule has 0 atom stereocenters. The monoisotopic (exact) mass is 427 g/mol. The summed E-state index contributed by atoms with van der Waals surface area (Å²) in [5, 5.41) is 19.4. The second kappa shape index (κ2) is 9.13. The Morgan fingerprint density at radius 3 is 2.38 bits per heavy atom. The van der Waals surface area contributed by atoms with E-state index in [-0.39, 0.29) is 11.3 Å². The predicted molar refractivity (Wildman–Crippen MR) is 122 cm³/mol. The summed E-state index contributed by atoms with van der Waals surface area (Å²) < 4.78 is 1.86. The van der Waals surface area contributed by atoms with Crippen molar-refractivity contribution in [2.24, 2.45) is 5.73 Å². The van der Waals surface area contributed by atoms with E-state index in [1.54, 1.807) is 0 Å². The van der Waals surface area contributed by atoms with Crippen LogP contribution in [-0.4, -0.2) is 20.6 Å². The van der Waals surface area contributed by atoms with Crippen LogP contribution in [0, 0.1) is 10.1 Å². The number of rotatable bonds is 8. The zero-order chi connectivity index (χ0) is 22.5. The first-order chi connectivity index (χ1) is 15.5. The van der Waals surface area contributed by atoms with Crippen LogP contribution < -0.4 is 11.1 Å². The van der Waals surface area contributed by atoms with Gasteiger partial charge in [0.05, 0.1) is 17.2 Å². The van der Waals surface area contributed by atoms with E-state index in [0.717, 1.165) is 22.4 Å². The lowest BCUT2D eigenvalue weighted by atomic mass is 10.1. The lowest BCUT2D eigenvalue weighted by molar-refractivity contribution is -0.384. The van der Waals surface area contributed by atoms with Crippen molar-refractivity contribution >= 4 is 17.3 Å². The average molecular weight is 427 g/mol. The number of nitro groups is 1. The Kier molecular flexibility index (Phi) is 5.94. The fraction of sp³-hybridized carbons (Fsp3) is 0.0833. The molecular weight excluding hydrogens is 406 g/mol. The van der Waals surface area contributed by atoms with Crippen molar-refractivity contribution in [3.63, 3.8) is 0 Å². The third-order valence-corrected chi connectivity index (χ3v) is 5.02. The molecule has 0 aliphatic rings. The molecule has 4 rings (SSSR count). The molecule has 8 heteroatoms. The number of hydrogen-bond acceptors (Lipinski definition) is 5. The summed E-state index contributed by atoms with van der Waals surface area (Å²) >= 11 is 0. The van der Waals surface area contributed by atoms with E-state index in [1.165, 1.54) is 18.2 Å². The minimum absolute atomic E-state index is 0.0860. The Morgan fingerprint density at radius 2 is 1.72 bits per heavy atom. The topological polar surface area (TPSA) is 116 Å². The first kappa shape index (κ1) is 20.8. The highest BCUT2D eigenvalue weighted by Gasteiger charge is 2.18. The first-order valence-corrected chi connectivity index (χ1v) is 9.99. The number of amides is 1. The van der Waals surface area contributed by atoms with Crippen LogP contribution in [0.25, 0.3) is 11.3 Å². The second-order valence-corrected chi connectivity index (χ2v) is 7.26. The summed E-state index contributed by atoms with van der Waals surface area (Å²) in [5.41, 5.74) is 9.19. The summed E-state index contributed by atoms with van der Waals surface area (Å²) in [4.78, 5) is 22.4. The van der Waals surface area contributed by atoms with Gasteiger partial charge in [-0.25, -0.2) is 0 Å². The third kappa shape index (κ3) is 4.65. The molecule has 1 amide bonds. The fourth-order valence-corrected chi connectivity index (χ4v) is 3.46. The van der Waals surface area contributed by atoms with Crippen molar-refractivity contribution in [3.8, 4) is 11.3 Å². The van der Waals surface area contributed by atoms with Crippen LogP contribution >= 0.6 is 0 Å². The molecule has 1 aromatic heterocycles. The van der Waals surface area contributed by atoms with Crippen LogP contribution in [0.15, 0.2) is 85.1 Å². The van der Waals surface area contributed by atoms with Crippen LogP contribution in [-0.2, 0) is 13.1 Å². The van der Waals surface area contributed by atoms with Crippen molar-refractivity contribution in [1.82, 2.24) is 9.78 Å². The van der Waals surface area contributed by atoms with Crippen molar-refractivity contribution in [2.45, 2.75) is 13.1 Å². The Hall–Kier alpha value is -4.46. The third-order valence-electron chi connectivity index (χ3n) is 5.02. The standard InChI is InChI=1S/C24H21N5O3/c25-24(30)19-11-12-21(22(13-19)29(31)32)26-14-20-16-28(15-17-7-3-1-4-8-17)27-23(20)18-9-5-2-6-10-18/h1-13,16,26H,14-15H2,(H2,25,30). The molecule has 0 aliphatic heterocycles. The number of nitrogens with two attached hydrogens (primary N) is 1. The summed E-state index contributed by atoms with van der Waals surface area (Å²) in [6.07, 6.45) is 1.94. The molecule has 0 fully saturated rings. The van der Waals surface area contributed by atoms with Gasteiger partial charge in [0, 0.05) is 35.5 Å². The number of benzene rings is 3. The average Bonchev–Trinajstić information content (AvgIpc) is 3.21. The minimum atomic E-state index is -0.715. The quantitative estimate of drug-likeness (QED) is 0.323. The van der Waals surface area contributed by atoms with Crippen LogP contribution in [0.5, 0.6) is 0 Å². The highest BCUT2D eigenvalue weighted by atomic mass is 16.6. The van der Waals surface area contributed by atoms with Crippen LogP contribution in [0.4, 0.5) is 11.4 Å². The highest BCUT2D eigenvalue weighted by Crippen LogP contribution is 2.28.